The molecule has 0 atom stereocenters. The van der Waals surface area contributed by atoms with Crippen molar-refractivity contribution in [2.75, 3.05) is 6.54 Å². The molecule has 24 heavy (non-hydrogen) atoms. The molecule has 1 aliphatic carbocycles. The molecule has 1 aliphatic rings. The molecule has 136 valence electrons. The van der Waals surface area contributed by atoms with E-state index in [2.05, 4.69) is 5.32 Å². The molecule has 1 fully saturated rings. The summed E-state index contributed by atoms with van der Waals surface area (Å²) in [6.45, 7) is 3.79. The Bertz CT molecular complexity index is 676. The van der Waals surface area contributed by atoms with Crippen molar-refractivity contribution in [3.8, 4) is 0 Å². The number of amides is 1. The van der Waals surface area contributed by atoms with Gasteiger partial charge in [-0.1, -0.05) is 24.4 Å². The fraction of sp³-hybridized carbons (Fsp3) is 0.562. The van der Waals surface area contributed by atoms with Crippen molar-refractivity contribution in [2.45, 2.75) is 54.7 Å². The van der Waals surface area contributed by atoms with E-state index in [1.54, 1.807) is 13.8 Å². The second-order valence-electron chi connectivity index (χ2n) is 6.83. The van der Waals surface area contributed by atoms with Crippen LogP contribution in [0.4, 0.5) is 0 Å². The number of sulfone groups is 1. The largest absolute Gasteiger partial charge is 0.353 e. The smallest absolute Gasteiger partial charge is 0.241 e. The van der Waals surface area contributed by atoms with Gasteiger partial charge in [-0.2, -0.15) is 0 Å². The molecule has 0 radical (unpaired) electrons. The van der Waals surface area contributed by atoms with Gasteiger partial charge >= 0.3 is 0 Å². The summed E-state index contributed by atoms with van der Waals surface area (Å²) in [5.74, 6) is -0.455. The van der Waals surface area contributed by atoms with Crippen LogP contribution in [0.15, 0.2) is 29.2 Å². The SMILES string of the molecule is CC(C)(N)CNC(=O)C1(S(=O)(=O)c2ccc(Cl)cc2)CCCC1.Cl. The van der Waals surface area contributed by atoms with Crippen LogP contribution in [0.1, 0.15) is 39.5 Å². The number of carbonyl (C=O) groups is 1. The Morgan fingerprint density at radius 3 is 2.21 bits per heavy atom. The van der Waals surface area contributed by atoms with E-state index in [9.17, 15) is 13.2 Å². The summed E-state index contributed by atoms with van der Waals surface area (Å²) < 4.78 is 24.8. The molecule has 1 aromatic rings. The van der Waals surface area contributed by atoms with E-state index in [0.717, 1.165) is 0 Å². The predicted molar refractivity (Wildman–Crippen MR) is 98.4 cm³/mol. The maximum atomic E-state index is 13.1. The molecular formula is C16H24Cl2N2O3S. The van der Waals surface area contributed by atoms with Gasteiger partial charge in [0, 0.05) is 17.1 Å². The van der Waals surface area contributed by atoms with Crippen LogP contribution >= 0.6 is 24.0 Å². The van der Waals surface area contributed by atoms with Crippen LogP contribution in [-0.4, -0.2) is 31.2 Å². The van der Waals surface area contributed by atoms with Gasteiger partial charge in [0.05, 0.1) is 4.90 Å². The number of carbonyl (C=O) groups excluding carboxylic acids is 1. The van der Waals surface area contributed by atoms with E-state index in [1.165, 1.54) is 24.3 Å². The summed E-state index contributed by atoms with van der Waals surface area (Å²) in [6, 6.07) is 5.96. The zero-order chi connectivity index (χ0) is 17.3. The number of nitrogens with one attached hydrogen (secondary N) is 1. The van der Waals surface area contributed by atoms with Gasteiger partial charge in [-0.3, -0.25) is 4.79 Å². The van der Waals surface area contributed by atoms with Crippen LogP contribution in [0.25, 0.3) is 0 Å². The number of halogens is 2. The highest BCUT2D eigenvalue weighted by molar-refractivity contribution is 7.93. The maximum Gasteiger partial charge on any atom is 0.241 e. The summed E-state index contributed by atoms with van der Waals surface area (Å²) in [5, 5.41) is 3.18. The summed E-state index contributed by atoms with van der Waals surface area (Å²) in [4.78, 5) is 12.9. The third kappa shape index (κ3) is 4.23. The third-order valence-electron chi connectivity index (χ3n) is 4.17. The van der Waals surface area contributed by atoms with Crippen molar-refractivity contribution in [2.24, 2.45) is 5.73 Å². The van der Waals surface area contributed by atoms with Crippen molar-refractivity contribution in [1.29, 1.82) is 0 Å². The lowest BCUT2D eigenvalue weighted by atomic mass is 10.0. The summed E-state index contributed by atoms with van der Waals surface area (Å²) >= 11 is 5.83. The molecule has 1 aromatic carbocycles. The molecule has 0 heterocycles. The van der Waals surface area contributed by atoms with Crippen LogP contribution in [0.2, 0.25) is 5.02 Å². The van der Waals surface area contributed by atoms with Crippen LogP contribution in [0.5, 0.6) is 0 Å². The van der Waals surface area contributed by atoms with Crippen molar-refractivity contribution < 1.29 is 13.2 Å². The first-order chi connectivity index (χ1) is 10.6. The molecule has 0 saturated heterocycles. The fourth-order valence-electron chi connectivity index (χ4n) is 2.87. The minimum atomic E-state index is -3.80. The number of hydrogen-bond acceptors (Lipinski definition) is 4. The van der Waals surface area contributed by atoms with E-state index in [-0.39, 0.29) is 23.8 Å². The lowest BCUT2D eigenvalue weighted by molar-refractivity contribution is -0.123. The quantitative estimate of drug-likeness (QED) is 0.802. The Morgan fingerprint density at radius 2 is 1.75 bits per heavy atom. The Kier molecular flexibility index (Phi) is 6.72. The van der Waals surface area contributed by atoms with Gasteiger partial charge in [-0.05, 0) is 51.0 Å². The molecule has 0 unspecified atom stereocenters. The average molecular weight is 395 g/mol. The monoisotopic (exact) mass is 394 g/mol. The zero-order valence-electron chi connectivity index (χ0n) is 13.8. The molecule has 0 aromatic heterocycles. The van der Waals surface area contributed by atoms with Gasteiger partial charge < -0.3 is 11.1 Å². The molecule has 0 aliphatic heterocycles. The third-order valence-corrected chi connectivity index (χ3v) is 6.94. The Morgan fingerprint density at radius 1 is 1.25 bits per heavy atom. The number of hydrogen-bond donors (Lipinski definition) is 2. The van der Waals surface area contributed by atoms with Crippen molar-refractivity contribution in [3.63, 3.8) is 0 Å². The van der Waals surface area contributed by atoms with Crippen molar-refractivity contribution in [1.82, 2.24) is 5.32 Å². The maximum absolute atomic E-state index is 13.1. The first-order valence-electron chi connectivity index (χ1n) is 7.66. The van der Waals surface area contributed by atoms with Gasteiger partial charge in [0.2, 0.25) is 5.91 Å². The number of rotatable bonds is 5. The van der Waals surface area contributed by atoms with Crippen LogP contribution < -0.4 is 11.1 Å². The average Bonchev–Trinajstić information content (AvgIpc) is 2.95. The minimum absolute atomic E-state index is 0. The molecule has 0 spiro atoms. The highest BCUT2D eigenvalue weighted by Crippen LogP contribution is 2.41. The molecule has 3 N–H and O–H groups in total. The molecule has 1 amide bonds. The predicted octanol–water partition coefficient (Wildman–Crippen LogP) is 2.70. The molecule has 5 nitrogen and oxygen atoms in total. The molecule has 8 heteroatoms. The number of nitrogens with two attached hydrogens (primary N) is 1. The minimum Gasteiger partial charge on any atom is -0.353 e. The first-order valence-corrected chi connectivity index (χ1v) is 9.52. The molecule has 0 bridgehead atoms. The summed E-state index contributed by atoms with van der Waals surface area (Å²) in [6.07, 6.45) is 2.09. The van der Waals surface area contributed by atoms with E-state index in [0.29, 0.717) is 30.7 Å². The second-order valence-corrected chi connectivity index (χ2v) is 9.53. The zero-order valence-corrected chi connectivity index (χ0v) is 16.2. The lowest BCUT2D eigenvalue weighted by Crippen LogP contribution is -2.54. The van der Waals surface area contributed by atoms with Crippen molar-refractivity contribution >= 4 is 39.8 Å². The van der Waals surface area contributed by atoms with Crippen LogP contribution in [-0.2, 0) is 14.6 Å². The highest BCUT2D eigenvalue weighted by Gasteiger charge is 2.52. The molecule has 1 saturated carbocycles. The Balaban J connectivity index is 0.00000288. The normalized spacial score (nSPS) is 17.2. The topological polar surface area (TPSA) is 89.3 Å². The standard InChI is InChI=1S/C16H23ClN2O3S.ClH/c1-15(2,18)11-19-14(20)16(9-3-4-10-16)23(21,22)13-7-5-12(17)6-8-13;/h5-8H,3-4,9-11,18H2,1-2H3,(H,19,20);1H. The van der Waals surface area contributed by atoms with Gasteiger partial charge in [-0.15, -0.1) is 12.4 Å². The molecule has 2 rings (SSSR count). The van der Waals surface area contributed by atoms with Gasteiger partial charge in [0.25, 0.3) is 0 Å². The van der Waals surface area contributed by atoms with E-state index >= 15 is 0 Å². The van der Waals surface area contributed by atoms with Gasteiger partial charge in [-0.25, -0.2) is 8.42 Å². The van der Waals surface area contributed by atoms with Crippen molar-refractivity contribution in [3.05, 3.63) is 29.3 Å². The first kappa shape index (κ1) is 21.2. The summed E-state index contributed by atoms with van der Waals surface area (Å²) in [7, 11) is -3.80. The van der Waals surface area contributed by atoms with Gasteiger partial charge in [0.1, 0.15) is 0 Å². The molecular weight excluding hydrogens is 371 g/mol. The van der Waals surface area contributed by atoms with Crippen LogP contribution in [0.3, 0.4) is 0 Å². The highest BCUT2D eigenvalue weighted by atomic mass is 35.5. The Hall–Kier alpha value is -0.820. The summed E-state index contributed by atoms with van der Waals surface area (Å²) in [5.41, 5.74) is 5.29. The van der Waals surface area contributed by atoms with Crippen LogP contribution in [0, 0.1) is 0 Å². The second kappa shape index (κ2) is 7.60. The Labute approximate surface area is 154 Å². The number of benzene rings is 1. The lowest BCUT2D eigenvalue weighted by Gasteiger charge is -2.29. The van der Waals surface area contributed by atoms with E-state index in [1.807, 2.05) is 0 Å². The fourth-order valence-corrected chi connectivity index (χ4v) is 5.09. The van der Waals surface area contributed by atoms with E-state index in [4.69, 9.17) is 17.3 Å². The van der Waals surface area contributed by atoms with E-state index < -0.39 is 26.0 Å². The van der Waals surface area contributed by atoms with Gasteiger partial charge in [0.15, 0.2) is 14.6 Å².